The van der Waals surface area contributed by atoms with Gasteiger partial charge in [0.15, 0.2) is 0 Å². The van der Waals surface area contributed by atoms with E-state index >= 15 is 0 Å². The van der Waals surface area contributed by atoms with Gasteiger partial charge in [-0.15, -0.1) is 0 Å². The second-order valence-corrected chi connectivity index (χ2v) is 6.04. The molecule has 0 aliphatic heterocycles. The van der Waals surface area contributed by atoms with E-state index in [4.69, 9.17) is 0 Å². The van der Waals surface area contributed by atoms with Crippen LogP contribution in [-0.2, 0) is 6.54 Å². The summed E-state index contributed by atoms with van der Waals surface area (Å²) in [5.41, 5.74) is 5.71. The Morgan fingerprint density at radius 3 is 2.40 bits per heavy atom. The van der Waals surface area contributed by atoms with Gasteiger partial charge in [0.25, 0.3) is 5.91 Å². The number of carbonyl (C=O) groups is 1. The predicted octanol–water partition coefficient (Wildman–Crippen LogP) is 4.37. The Kier molecular flexibility index (Phi) is 5.09. The summed E-state index contributed by atoms with van der Waals surface area (Å²) in [5.74, 6) is -0.178. The molecule has 1 heterocycles. The number of amides is 1. The first-order valence-corrected chi connectivity index (χ1v) is 8.24. The van der Waals surface area contributed by atoms with E-state index in [0.29, 0.717) is 12.2 Å². The summed E-state index contributed by atoms with van der Waals surface area (Å²) < 4.78 is 0. The molecule has 0 atom stereocenters. The fourth-order valence-corrected chi connectivity index (χ4v) is 2.45. The molecule has 3 rings (SSSR count). The number of para-hydroxylation sites is 1. The molecule has 4 heteroatoms. The summed E-state index contributed by atoms with van der Waals surface area (Å²) in [7, 11) is 0. The number of carbonyl (C=O) groups excluding carboxylic acids is 1. The molecule has 4 nitrogen and oxygen atoms in total. The number of rotatable bonds is 5. The number of nitrogens with one attached hydrogen (secondary N) is 2. The normalized spacial score (nSPS) is 10.3. The number of hydrogen-bond acceptors (Lipinski definition) is 3. The minimum Gasteiger partial charge on any atom is -0.354 e. The molecule has 0 aliphatic carbocycles. The zero-order chi connectivity index (χ0) is 17.6. The summed E-state index contributed by atoms with van der Waals surface area (Å²) in [6.07, 6.45) is 1.67. The number of anilines is 2. The Hall–Kier alpha value is -3.14. The molecule has 0 saturated carbocycles. The second-order valence-electron chi connectivity index (χ2n) is 6.04. The van der Waals surface area contributed by atoms with Crippen molar-refractivity contribution >= 4 is 17.3 Å². The van der Waals surface area contributed by atoms with E-state index in [1.165, 1.54) is 5.56 Å². The summed E-state index contributed by atoms with van der Waals surface area (Å²) in [6.45, 7) is 4.57. The third-order valence-corrected chi connectivity index (χ3v) is 3.99. The third-order valence-electron chi connectivity index (χ3n) is 3.99. The molecule has 25 heavy (non-hydrogen) atoms. The van der Waals surface area contributed by atoms with Crippen molar-refractivity contribution in [2.45, 2.75) is 20.4 Å². The number of aromatic nitrogens is 1. The molecule has 2 N–H and O–H groups in total. The van der Waals surface area contributed by atoms with Crippen LogP contribution in [0.1, 0.15) is 27.2 Å². The summed E-state index contributed by atoms with van der Waals surface area (Å²) in [4.78, 5) is 16.5. The van der Waals surface area contributed by atoms with Crippen molar-refractivity contribution < 1.29 is 4.79 Å². The first-order valence-electron chi connectivity index (χ1n) is 8.24. The summed E-state index contributed by atoms with van der Waals surface area (Å²) in [5, 5.41) is 6.20. The maximum atomic E-state index is 12.2. The SMILES string of the molecule is Cc1ccc(CNC(=O)c2ccc(Nc3ccccc3C)cn2)cc1. The van der Waals surface area contributed by atoms with Gasteiger partial charge in [0.1, 0.15) is 5.69 Å². The molecule has 0 fully saturated rings. The van der Waals surface area contributed by atoms with E-state index < -0.39 is 0 Å². The van der Waals surface area contributed by atoms with Crippen molar-refractivity contribution in [3.05, 3.63) is 89.2 Å². The van der Waals surface area contributed by atoms with Crippen LogP contribution in [0.3, 0.4) is 0 Å². The van der Waals surface area contributed by atoms with E-state index in [-0.39, 0.29) is 5.91 Å². The van der Waals surface area contributed by atoms with Crippen molar-refractivity contribution in [2.75, 3.05) is 5.32 Å². The van der Waals surface area contributed by atoms with Gasteiger partial charge >= 0.3 is 0 Å². The largest absolute Gasteiger partial charge is 0.354 e. The van der Waals surface area contributed by atoms with Crippen molar-refractivity contribution in [3.8, 4) is 0 Å². The summed E-state index contributed by atoms with van der Waals surface area (Å²) >= 11 is 0. The van der Waals surface area contributed by atoms with Gasteiger partial charge in [-0.3, -0.25) is 4.79 Å². The minimum atomic E-state index is -0.178. The first-order chi connectivity index (χ1) is 12.1. The maximum absolute atomic E-state index is 12.2. The van der Waals surface area contributed by atoms with Gasteiger partial charge in [0.05, 0.1) is 11.9 Å². The number of pyridine rings is 1. The number of nitrogens with zero attached hydrogens (tertiary/aromatic N) is 1. The third kappa shape index (κ3) is 4.44. The molecule has 0 saturated heterocycles. The molecule has 0 unspecified atom stereocenters. The van der Waals surface area contributed by atoms with Crippen LogP contribution >= 0.6 is 0 Å². The lowest BCUT2D eigenvalue weighted by molar-refractivity contribution is 0.0946. The molecule has 0 radical (unpaired) electrons. The quantitative estimate of drug-likeness (QED) is 0.730. The molecule has 126 valence electrons. The number of aryl methyl sites for hydroxylation is 2. The average Bonchev–Trinajstić information content (AvgIpc) is 2.63. The number of hydrogen-bond donors (Lipinski definition) is 2. The highest BCUT2D eigenvalue weighted by Gasteiger charge is 2.07. The smallest absolute Gasteiger partial charge is 0.270 e. The molecule has 0 aliphatic rings. The van der Waals surface area contributed by atoms with E-state index in [9.17, 15) is 4.79 Å². The second kappa shape index (κ2) is 7.62. The van der Waals surface area contributed by atoms with E-state index in [1.54, 1.807) is 12.3 Å². The highest BCUT2D eigenvalue weighted by molar-refractivity contribution is 5.92. The molecule has 0 spiro atoms. The summed E-state index contributed by atoms with van der Waals surface area (Å²) in [6, 6.07) is 19.7. The lowest BCUT2D eigenvalue weighted by Gasteiger charge is -2.10. The molecule has 0 bridgehead atoms. The van der Waals surface area contributed by atoms with Gasteiger partial charge in [0.2, 0.25) is 0 Å². The van der Waals surface area contributed by atoms with Gasteiger partial charge in [0, 0.05) is 12.2 Å². The van der Waals surface area contributed by atoms with E-state index in [2.05, 4.69) is 15.6 Å². The van der Waals surface area contributed by atoms with Crippen molar-refractivity contribution in [2.24, 2.45) is 0 Å². The molecular formula is C21H21N3O. The Morgan fingerprint density at radius 2 is 1.72 bits per heavy atom. The van der Waals surface area contributed by atoms with Crippen molar-refractivity contribution in [1.29, 1.82) is 0 Å². The van der Waals surface area contributed by atoms with Gasteiger partial charge in [-0.25, -0.2) is 4.98 Å². The van der Waals surface area contributed by atoms with Gasteiger partial charge in [-0.05, 0) is 43.2 Å². The first kappa shape index (κ1) is 16.7. The standard InChI is InChI=1S/C21H21N3O/c1-15-7-9-17(10-8-15)13-23-21(25)20-12-11-18(14-22-20)24-19-6-4-3-5-16(19)2/h3-12,14,24H,13H2,1-2H3,(H,23,25). The van der Waals surface area contributed by atoms with E-state index in [1.807, 2.05) is 68.4 Å². The lowest BCUT2D eigenvalue weighted by atomic mass is 10.1. The Balaban J connectivity index is 1.60. The fraction of sp³-hybridized carbons (Fsp3) is 0.143. The van der Waals surface area contributed by atoms with Gasteiger partial charge in [-0.2, -0.15) is 0 Å². The van der Waals surface area contributed by atoms with Crippen LogP contribution in [0, 0.1) is 13.8 Å². The van der Waals surface area contributed by atoms with Crippen LogP contribution in [0.15, 0.2) is 66.9 Å². The van der Waals surface area contributed by atoms with Crippen LogP contribution in [-0.4, -0.2) is 10.9 Å². The Morgan fingerprint density at radius 1 is 0.960 bits per heavy atom. The van der Waals surface area contributed by atoms with Crippen molar-refractivity contribution in [3.63, 3.8) is 0 Å². The lowest BCUT2D eigenvalue weighted by Crippen LogP contribution is -2.23. The van der Waals surface area contributed by atoms with Gasteiger partial charge in [-0.1, -0.05) is 48.0 Å². The number of benzene rings is 2. The predicted molar refractivity (Wildman–Crippen MR) is 101 cm³/mol. The zero-order valence-corrected chi connectivity index (χ0v) is 14.4. The van der Waals surface area contributed by atoms with Crippen LogP contribution in [0.5, 0.6) is 0 Å². The molecule has 3 aromatic rings. The van der Waals surface area contributed by atoms with Crippen LogP contribution in [0.4, 0.5) is 11.4 Å². The van der Waals surface area contributed by atoms with Crippen LogP contribution in [0.25, 0.3) is 0 Å². The fourth-order valence-electron chi connectivity index (χ4n) is 2.45. The van der Waals surface area contributed by atoms with E-state index in [0.717, 1.165) is 22.5 Å². The minimum absolute atomic E-state index is 0.178. The van der Waals surface area contributed by atoms with Gasteiger partial charge < -0.3 is 10.6 Å². The molecule has 1 aromatic heterocycles. The monoisotopic (exact) mass is 331 g/mol. The Labute approximate surface area is 147 Å². The molecule has 2 aromatic carbocycles. The van der Waals surface area contributed by atoms with Crippen LogP contribution < -0.4 is 10.6 Å². The van der Waals surface area contributed by atoms with Crippen LogP contribution in [0.2, 0.25) is 0 Å². The Bertz CT molecular complexity index is 855. The topological polar surface area (TPSA) is 54.0 Å². The highest BCUT2D eigenvalue weighted by Crippen LogP contribution is 2.19. The van der Waals surface area contributed by atoms with Crippen molar-refractivity contribution in [1.82, 2.24) is 10.3 Å². The average molecular weight is 331 g/mol. The highest BCUT2D eigenvalue weighted by atomic mass is 16.1. The molecular weight excluding hydrogens is 310 g/mol. The maximum Gasteiger partial charge on any atom is 0.270 e. The molecule has 1 amide bonds. The zero-order valence-electron chi connectivity index (χ0n) is 14.4.